The first-order valence-electron chi connectivity index (χ1n) is 14.7. The molecule has 0 radical (unpaired) electrons. The lowest BCUT2D eigenvalue weighted by molar-refractivity contribution is 0.0695. The number of rotatable bonds is 13. The van der Waals surface area contributed by atoms with Gasteiger partial charge in [-0.25, -0.2) is 14.8 Å². The van der Waals surface area contributed by atoms with E-state index in [4.69, 9.17) is 24.2 Å². The van der Waals surface area contributed by atoms with E-state index in [1.807, 2.05) is 22.8 Å². The highest BCUT2D eigenvalue weighted by Gasteiger charge is 2.24. The molecule has 0 atom stereocenters. The van der Waals surface area contributed by atoms with Crippen LogP contribution in [-0.2, 0) is 24.6 Å². The molecule has 1 aliphatic heterocycles. The summed E-state index contributed by atoms with van der Waals surface area (Å²) in [6.07, 6.45) is 2.80. The van der Waals surface area contributed by atoms with E-state index in [9.17, 15) is 14.7 Å². The number of ether oxygens (including phenoxy) is 3. The van der Waals surface area contributed by atoms with Gasteiger partial charge >= 0.3 is 5.97 Å². The van der Waals surface area contributed by atoms with E-state index < -0.39 is 5.97 Å². The number of imidazole rings is 1. The molecule has 1 aliphatic rings. The lowest BCUT2D eigenvalue weighted by atomic mass is 9.93. The van der Waals surface area contributed by atoms with E-state index in [1.54, 1.807) is 37.4 Å². The van der Waals surface area contributed by atoms with Gasteiger partial charge in [0.1, 0.15) is 24.9 Å². The van der Waals surface area contributed by atoms with Crippen LogP contribution in [0.3, 0.4) is 0 Å². The SMILES string of the molecule is CCCOCn1c(CN2CCC(c3cccc(OCc4ccc(C(C)=O)cc4OC)n3)CC2)nc2ccc(C(=O)O)cc21. The Balaban J connectivity index is 1.22. The Morgan fingerprint density at radius 3 is 2.53 bits per heavy atom. The zero-order chi connectivity index (χ0) is 30.3. The normalized spacial score (nSPS) is 14.2. The van der Waals surface area contributed by atoms with Crippen molar-refractivity contribution < 1.29 is 28.9 Å². The van der Waals surface area contributed by atoms with Gasteiger partial charge in [-0.3, -0.25) is 9.69 Å². The van der Waals surface area contributed by atoms with E-state index in [2.05, 4.69) is 17.9 Å². The van der Waals surface area contributed by atoms with Crippen LogP contribution in [0.1, 0.15) is 76.8 Å². The largest absolute Gasteiger partial charge is 0.496 e. The quantitative estimate of drug-likeness (QED) is 0.156. The van der Waals surface area contributed by atoms with Crippen molar-refractivity contribution in [2.75, 3.05) is 26.8 Å². The zero-order valence-corrected chi connectivity index (χ0v) is 24.9. The molecule has 3 heterocycles. The van der Waals surface area contributed by atoms with Crippen molar-refractivity contribution in [1.82, 2.24) is 19.4 Å². The smallest absolute Gasteiger partial charge is 0.335 e. The van der Waals surface area contributed by atoms with Crippen LogP contribution in [0.25, 0.3) is 11.0 Å². The van der Waals surface area contributed by atoms with Gasteiger partial charge in [-0.05, 0) is 69.6 Å². The van der Waals surface area contributed by atoms with Crippen LogP contribution in [0, 0.1) is 0 Å². The Morgan fingerprint density at radius 1 is 1.02 bits per heavy atom. The topological polar surface area (TPSA) is 116 Å². The Labute approximate surface area is 251 Å². The predicted octanol–water partition coefficient (Wildman–Crippen LogP) is 5.68. The second-order valence-electron chi connectivity index (χ2n) is 10.8. The molecular formula is C33H38N4O6. The summed E-state index contributed by atoms with van der Waals surface area (Å²) in [5, 5.41) is 9.48. The molecule has 0 amide bonds. The molecule has 0 unspecified atom stereocenters. The summed E-state index contributed by atoms with van der Waals surface area (Å²) in [5.41, 5.74) is 4.23. The van der Waals surface area contributed by atoms with Crippen LogP contribution in [0.2, 0.25) is 0 Å². The predicted molar refractivity (Wildman–Crippen MR) is 162 cm³/mol. The number of nitrogens with zero attached hydrogens (tertiary/aromatic N) is 4. The number of ketones is 1. The lowest BCUT2D eigenvalue weighted by Crippen LogP contribution is -2.33. The van der Waals surface area contributed by atoms with Gasteiger partial charge in [0.2, 0.25) is 5.88 Å². The number of hydrogen-bond acceptors (Lipinski definition) is 8. The monoisotopic (exact) mass is 586 g/mol. The summed E-state index contributed by atoms with van der Waals surface area (Å²) in [7, 11) is 1.58. The number of carboxylic acids is 1. The summed E-state index contributed by atoms with van der Waals surface area (Å²) >= 11 is 0. The number of aromatic carboxylic acids is 1. The van der Waals surface area contributed by atoms with Crippen LogP contribution in [-0.4, -0.2) is 63.1 Å². The molecule has 5 rings (SSSR count). The van der Waals surface area contributed by atoms with Gasteiger partial charge in [-0.15, -0.1) is 0 Å². The van der Waals surface area contributed by atoms with Gasteiger partial charge in [-0.1, -0.05) is 25.1 Å². The van der Waals surface area contributed by atoms with Gasteiger partial charge in [0.05, 0.1) is 30.3 Å². The highest BCUT2D eigenvalue weighted by Crippen LogP contribution is 2.30. The number of methoxy groups -OCH3 is 1. The fourth-order valence-corrected chi connectivity index (χ4v) is 5.43. The zero-order valence-electron chi connectivity index (χ0n) is 24.9. The maximum atomic E-state index is 11.7. The number of fused-ring (bicyclic) bond motifs is 1. The fourth-order valence-electron chi connectivity index (χ4n) is 5.43. The molecular weight excluding hydrogens is 548 g/mol. The van der Waals surface area contributed by atoms with Crippen LogP contribution in [0.15, 0.2) is 54.6 Å². The minimum absolute atomic E-state index is 0.0137. The number of piperidine rings is 1. The lowest BCUT2D eigenvalue weighted by Gasteiger charge is -2.31. The van der Waals surface area contributed by atoms with E-state index in [1.165, 1.54) is 6.92 Å². The summed E-state index contributed by atoms with van der Waals surface area (Å²) in [5.74, 6) is 1.38. The molecule has 1 fully saturated rings. The molecule has 2 aromatic heterocycles. The van der Waals surface area contributed by atoms with E-state index in [-0.39, 0.29) is 18.0 Å². The van der Waals surface area contributed by atoms with Gasteiger partial charge in [0, 0.05) is 35.4 Å². The van der Waals surface area contributed by atoms with Crippen molar-refractivity contribution in [1.29, 1.82) is 0 Å². The fraction of sp³-hybridized carbons (Fsp3) is 0.394. The second-order valence-corrected chi connectivity index (χ2v) is 10.8. The van der Waals surface area contributed by atoms with Crippen molar-refractivity contribution >= 4 is 22.8 Å². The number of Topliss-reactive ketones (excluding diaryl/α,β-unsaturated/α-hetero) is 1. The first kappa shape index (κ1) is 30.2. The number of carbonyl (C=O) groups excluding carboxylic acids is 1. The number of carbonyl (C=O) groups is 2. The first-order valence-corrected chi connectivity index (χ1v) is 14.7. The van der Waals surface area contributed by atoms with Crippen molar-refractivity contribution in [3.05, 3.63) is 82.8 Å². The van der Waals surface area contributed by atoms with Crippen LogP contribution >= 0.6 is 0 Å². The Kier molecular flexibility index (Phi) is 9.68. The molecule has 10 heteroatoms. The summed E-state index contributed by atoms with van der Waals surface area (Å²) in [4.78, 5) is 35.3. The van der Waals surface area contributed by atoms with Crippen molar-refractivity contribution in [3.63, 3.8) is 0 Å². The average Bonchev–Trinajstić information content (AvgIpc) is 3.36. The molecule has 226 valence electrons. The van der Waals surface area contributed by atoms with Crippen molar-refractivity contribution in [3.8, 4) is 11.6 Å². The third kappa shape index (κ3) is 7.21. The summed E-state index contributed by atoms with van der Waals surface area (Å²) in [6.45, 7) is 7.26. The van der Waals surface area contributed by atoms with Gasteiger partial charge in [0.15, 0.2) is 5.78 Å². The van der Waals surface area contributed by atoms with Crippen molar-refractivity contribution in [2.24, 2.45) is 0 Å². The number of likely N-dealkylation sites (tertiary alicyclic amines) is 1. The van der Waals surface area contributed by atoms with Crippen LogP contribution in [0.4, 0.5) is 0 Å². The Bertz CT molecular complexity index is 1590. The number of carboxylic acid groups (broad SMARTS) is 1. The van der Waals surface area contributed by atoms with E-state index >= 15 is 0 Å². The maximum absolute atomic E-state index is 11.7. The second kappa shape index (κ2) is 13.8. The van der Waals surface area contributed by atoms with E-state index in [0.29, 0.717) is 43.0 Å². The highest BCUT2D eigenvalue weighted by molar-refractivity contribution is 5.94. The van der Waals surface area contributed by atoms with Gasteiger partial charge in [0.25, 0.3) is 0 Å². The molecule has 4 aromatic rings. The highest BCUT2D eigenvalue weighted by atomic mass is 16.5. The third-order valence-electron chi connectivity index (χ3n) is 7.83. The Morgan fingerprint density at radius 2 is 1.81 bits per heavy atom. The molecule has 0 aliphatic carbocycles. The van der Waals surface area contributed by atoms with Crippen LogP contribution in [0.5, 0.6) is 11.6 Å². The van der Waals surface area contributed by atoms with Gasteiger partial charge < -0.3 is 23.9 Å². The molecule has 2 aromatic carbocycles. The number of aromatic nitrogens is 3. The molecule has 10 nitrogen and oxygen atoms in total. The third-order valence-corrected chi connectivity index (χ3v) is 7.83. The first-order chi connectivity index (χ1) is 20.9. The molecule has 0 saturated carbocycles. The maximum Gasteiger partial charge on any atom is 0.335 e. The van der Waals surface area contributed by atoms with Gasteiger partial charge in [-0.2, -0.15) is 0 Å². The molecule has 43 heavy (non-hydrogen) atoms. The minimum atomic E-state index is -0.959. The van der Waals surface area contributed by atoms with Crippen molar-refractivity contribution in [2.45, 2.75) is 58.9 Å². The summed E-state index contributed by atoms with van der Waals surface area (Å²) in [6, 6.07) is 16.3. The molecule has 1 N–H and O–H groups in total. The minimum Gasteiger partial charge on any atom is -0.496 e. The average molecular weight is 587 g/mol. The standard InChI is InChI=1S/C33H38N4O6/c1-4-16-42-21-37-29-17-25(33(39)40)10-11-28(29)34-31(37)19-36-14-12-23(13-15-36)27-6-5-7-32(35-27)43-20-26-9-8-24(22(2)38)18-30(26)41-3/h5-11,17-18,23H,4,12-16,19-21H2,1-3H3,(H,39,40). The number of benzene rings is 2. The van der Waals surface area contributed by atoms with E-state index in [0.717, 1.165) is 60.5 Å². The molecule has 0 spiro atoms. The number of hydrogen-bond donors (Lipinski definition) is 1. The molecule has 0 bridgehead atoms. The summed E-state index contributed by atoms with van der Waals surface area (Å²) < 4.78 is 19.3. The van der Waals surface area contributed by atoms with Crippen LogP contribution < -0.4 is 9.47 Å². The Hall–Kier alpha value is -4.28. The molecule has 1 saturated heterocycles. The number of pyridine rings is 1.